The van der Waals surface area contributed by atoms with Gasteiger partial charge in [0.2, 0.25) is 0 Å². The molecule has 5 N–H and O–H groups in total. The summed E-state index contributed by atoms with van der Waals surface area (Å²) in [7, 11) is -3.87. The van der Waals surface area contributed by atoms with Crippen molar-refractivity contribution in [2.75, 3.05) is 6.54 Å². The standard InChI is InChI=1S/C15H24N4O2S/c1-3-5-8-11-18-13(4-2)12-9-6-7-10-14(12)22(20,21)19-15(16)17/h4,6-7,9-10,13,18H,2-3,5,8,11H2,1H3,(H4,16,17,19). The molecule has 0 amide bonds. The molecular formula is C15H24N4O2S. The SMILES string of the molecule is C=CC(NCCCCC)c1ccccc1S(=O)(=O)NC(=N)N. The molecule has 22 heavy (non-hydrogen) atoms. The van der Waals surface area contributed by atoms with Gasteiger partial charge in [-0.25, -0.2) is 13.1 Å². The number of benzene rings is 1. The molecule has 0 aliphatic rings. The number of rotatable bonds is 9. The number of unbranched alkanes of at least 4 members (excludes halogenated alkanes) is 2. The van der Waals surface area contributed by atoms with Gasteiger partial charge < -0.3 is 11.1 Å². The Balaban J connectivity index is 3.03. The molecule has 0 saturated carbocycles. The Hall–Kier alpha value is -1.86. The highest BCUT2D eigenvalue weighted by atomic mass is 32.2. The van der Waals surface area contributed by atoms with Crippen LogP contribution in [-0.2, 0) is 10.0 Å². The van der Waals surface area contributed by atoms with Gasteiger partial charge in [-0.1, -0.05) is 44.0 Å². The molecule has 122 valence electrons. The van der Waals surface area contributed by atoms with E-state index in [1.807, 2.05) is 4.72 Å². The predicted octanol–water partition coefficient (Wildman–Crippen LogP) is 1.87. The first-order valence-electron chi connectivity index (χ1n) is 7.24. The van der Waals surface area contributed by atoms with Crippen LogP contribution < -0.4 is 15.8 Å². The minimum absolute atomic E-state index is 0.0955. The molecule has 0 aliphatic heterocycles. The van der Waals surface area contributed by atoms with Crippen molar-refractivity contribution in [2.45, 2.75) is 37.1 Å². The van der Waals surface area contributed by atoms with Crippen molar-refractivity contribution in [1.29, 1.82) is 5.41 Å². The Morgan fingerprint density at radius 3 is 2.68 bits per heavy atom. The summed E-state index contributed by atoms with van der Waals surface area (Å²) in [5.41, 5.74) is 5.73. The molecular weight excluding hydrogens is 300 g/mol. The van der Waals surface area contributed by atoms with E-state index in [1.54, 1.807) is 24.3 Å². The van der Waals surface area contributed by atoms with Crippen molar-refractivity contribution < 1.29 is 8.42 Å². The lowest BCUT2D eigenvalue weighted by molar-refractivity contribution is 0.563. The maximum Gasteiger partial charge on any atom is 0.264 e. The molecule has 1 unspecified atom stereocenters. The Morgan fingerprint density at radius 1 is 1.41 bits per heavy atom. The van der Waals surface area contributed by atoms with E-state index in [0.29, 0.717) is 5.56 Å². The third kappa shape index (κ3) is 5.16. The summed E-state index contributed by atoms with van der Waals surface area (Å²) in [4.78, 5) is 0.0955. The van der Waals surface area contributed by atoms with Crippen molar-refractivity contribution in [1.82, 2.24) is 10.0 Å². The Bertz CT molecular complexity index is 614. The summed E-state index contributed by atoms with van der Waals surface area (Å²) in [5.74, 6) is -0.610. The smallest absolute Gasteiger partial charge is 0.264 e. The lowest BCUT2D eigenvalue weighted by atomic mass is 10.1. The molecule has 0 radical (unpaired) electrons. The zero-order valence-electron chi connectivity index (χ0n) is 12.8. The van der Waals surface area contributed by atoms with E-state index in [2.05, 4.69) is 18.8 Å². The summed E-state index contributed by atoms with van der Waals surface area (Å²) in [5, 5.41) is 10.4. The maximum absolute atomic E-state index is 12.3. The normalized spacial score (nSPS) is 12.6. The second-order valence-electron chi connectivity index (χ2n) is 4.93. The van der Waals surface area contributed by atoms with E-state index in [4.69, 9.17) is 11.1 Å². The lowest BCUT2D eigenvalue weighted by Crippen LogP contribution is -2.36. The van der Waals surface area contributed by atoms with Gasteiger partial charge in [0.05, 0.1) is 10.9 Å². The summed E-state index contributed by atoms with van der Waals surface area (Å²) in [6.45, 7) is 6.68. The number of hydrogen-bond acceptors (Lipinski definition) is 4. The van der Waals surface area contributed by atoms with Crippen LogP contribution in [0.4, 0.5) is 0 Å². The molecule has 7 heteroatoms. The maximum atomic E-state index is 12.3. The second kappa shape index (κ2) is 8.55. The van der Waals surface area contributed by atoms with Crippen molar-refractivity contribution >= 4 is 16.0 Å². The first-order chi connectivity index (χ1) is 10.4. The average molecular weight is 324 g/mol. The molecule has 0 saturated heterocycles. The third-order valence-electron chi connectivity index (χ3n) is 3.17. The molecule has 1 rings (SSSR count). The van der Waals surface area contributed by atoms with Gasteiger partial charge in [0.25, 0.3) is 10.0 Å². The number of guanidine groups is 1. The van der Waals surface area contributed by atoms with Gasteiger partial charge in [0.15, 0.2) is 5.96 Å². The predicted molar refractivity (Wildman–Crippen MR) is 89.1 cm³/mol. The fourth-order valence-corrected chi connectivity index (χ4v) is 3.30. The summed E-state index contributed by atoms with van der Waals surface area (Å²) in [6, 6.07) is 6.34. The zero-order valence-corrected chi connectivity index (χ0v) is 13.6. The van der Waals surface area contributed by atoms with Crippen LogP contribution in [0, 0.1) is 5.41 Å². The van der Waals surface area contributed by atoms with Crippen LogP contribution in [0.1, 0.15) is 37.8 Å². The lowest BCUT2D eigenvalue weighted by Gasteiger charge is -2.19. The van der Waals surface area contributed by atoms with Crippen molar-refractivity contribution in [3.8, 4) is 0 Å². The van der Waals surface area contributed by atoms with Crippen molar-refractivity contribution in [3.05, 3.63) is 42.5 Å². The van der Waals surface area contributed by atoms with Gasteiger partial charge in [-0.05, 0) is 24.6 Å². The molecule has 1 aromatic rings. The number of nitrogens with two attached hydrogens (primary N) is 1. The Morgan fingerprint density at radius 2 is 2.09 bits per heavy atom. The number of sulfonamides is 1. The summed E-state index contributed by atoms with van der Waals surface area (Å²) >= 11 is 0. The van der Waals surface area contributed by atoms with E-state index >= 15 is 0 Å². The van der Waals surface area contributed by atoms with Gasteiger partial charge in [-0.2, -0.15) is 0 Å². The van der Waals surface area contributed by atoms with Crippen LogP contribution in [0.25, 0.3) is 0 Å². The Kier molecular flexibility index (Phi) is 7.07. The highest BCUT2D eigenvalue weighted by molar-refractivity contribution is 7.90. The Labute approximate surface area is 132 Å². The van der Waals surface area contributed by atoms with Crippen LogP contribution in [0.5, 0.6) is 0 Å². The van der Waals surface area contributed by atoms with E-state index < -0.39 is 16.0 Å². The molecule has 1 aromatic carbocycles. The monoisotopic (exact) mass is 324 g/mol. The molecule has 0 bridgehead atoms. The van der Waals surface area contributed by atoms with Crippen LogP contribution in [0.2, 0.25) is 0 Å². The van der Waals surface area contributed by atoms with E-state index in [-0.39, 0.29) is 10.9 Å². The van der Waals surface area contributed by atoms with Gasteiger partial charge in [0, 0.05) is 0 Å². The molecule has 0 spiro atoms. The summed E-state index contributed by atoms with van der Waals surface area (Å²) in [6.07, 6.45) is 4.92. The fourth-order valence-electron chi connectivity index (χ4n) is 2.13. The van der Waals surface area contributed by atoms with Gasteiger partial charge >= 0.3 is 0 Å². The molecule has 0 heterocycles. The van der Waals surface area contributed by atoms with Crippen LogP contribution >= 0.6 is 0 Å². The number of hydrogen-bond donors (Lipinski definition) is 4. The second-order valence-corrected chi connectivity index (χ2v) is 6.58. The topological polar surface area (TPSA) is 108 Å². The zero-order chi connectivity index (χ0) is 16.6. The average Bonchev–Trinajstić information content (AvgIpc) is 2.46. The van der Waals surface area contributed by atoms with E-state index in [9.17, 15) is 8.42 Å². The van der Waals surface area contributed by atoms with Gasteiger partial charge in [0.1, 0.15) is 0 Å². The first kappa shape index (κ1) is 18.2. The fraction of sp³-hybridized carbons (Fsp3) is 0.400. The molecule has 1 atom stereocenters. The van der Waals surface area contributed by atoms with Crippen LogP contribution in [0.3, 0.4) is 0 Å². The minimum atomic E-state index is -3.87. The van der Waals surface area contributed by atoms with Gasteiger partial charge in [-0.3, -0.25) is 5.41 Å². The van der Waals surface area contributed by atoms with Crippen molar-refractivity contribution in [3.63, 3.8) is 0 Å². The first-order valence-corrected chi connectivity index (χ1v) is 8.72. The highest BCUT2D eigenvalue weighted by Gasteiger charge is 2.22. The van der Waals surface area contributed by atoms with Crippen LogP contribution in [-0.4, -0.2) is 20.9 Å². The molecule has 6 nitrogen and oxygen atoms in total. The third-order valence-corrected chi connectivity index (χ3v) is 4.61. The van der Waals surface area contributed by atoms with E-state index in [1.165, 1.54) is 6.07 Å². The highest BCUT2D eigenvalue weighted by Crippen LogP contribution is 2.23. The molecule has 0 fully saturated rings. The largest absolute Gasteiger partial charge is 0.369 e. The van der Waals surface area contributed by atoms with E-state index in [0.717, 1.165) is 25.8 Å². The van der Waals surface area contributed by atoms with Crippen molar-refractivity contribution in [2.24, 2.45) is 5.73 Å². The van der Waals surface area contributed by atoms with Gasteiger partial charge in [-0.15, -0.1) is 6.58 Å². The minimum Gasteiger partial charge on any atom is -0.369 e. The summed E-state index contributed by atoms with van der Waals surface area (Å²) < 4.78 is 26.5. The molecule has 0 aliphatic carbocycles. The van der Waals surface area contributed by atoms with Crippen LogP contribution in [0.15, 0.2) is 41.8 Å². The quantitative estimate of drug-likeness (QED) is 0.241. The number of nitrogens with one attached hydrogen (secondary N) is 3. The molecule has 0 aromatic heterocycles.